The Morgan fingerprint density at radius 2 is 1.86 bits per heavy atom. The lowest BCUT2D eigenvalue weighted by Crippen LogP contribution is -1.99. The highest BCUT2D eigenvalue weighted by atomic mass is 19.1. The Balaban J connectivity index is 2.03. The zero-order chi connectivity index (χ0) is 15.4. The maximum absolute atomic E-state index is 13.5. The van der Waals surface area contributed by atoms with E-state index in [1.54, 1.807) is 0 Å². The van der Waals surface area contributed by atoms with Gasteiger partial charge in [-0.2, -0.15) is 4.39 Å². The molecule has 5 heteroatoms. The van der Waals surface area contributed by atoms with Crippen LogP contribution in [0.5, 0.6) is 5.75 Å². The van der Waals surface area contributed by atoms with Crippen LogP contribution in [0.3, 0.4) is 0 Å². The molecular formula is C16H16FNO3. The van der Waals surface area contributed by atoms with Gasteiger partial charge in [0, 0.05) is 6.07 Å². The Hall–Kier alpha value is -2.43. The zero-order valence-electron chi connectivity index (χ0n) is 11.9. The number of nitro groups is 1. The number of nitrogens with zero attached hydrogens (tertiary/aromatic N) is 1. The first-order valence-corrected chi connectivity index (χ1v) is 6.63. The Labute approximate surface area is 122 Å². The van der Waals surface area contributed by atoms with Gasteiger partial charge in [-0.15, -0.1) is 0 Å². The van der Waals surface area contributed by atoms with Crippen molar-refractivity contribution in [3.63, 3.8) is 0 Å². The van der Waals surface area contributed by atoms with Gasteiger partial charge in [-0.05, 0) is 41.3 Å². The lowest BCUT2D eigenvalue weighted by Gasteiger charge is -2.09. The molecule has 0 radical (unpaired) electrons. The summed E-state index contributed by atoms with van der Waals surface area (Å²) < 4.78 is 19.0. The van der Waals surface area contributed by atoms with Gasteiger partial charge in [0.15, 0.2) is 0 Å². The molecule has 0 aliphatic rings. The van der Waals surface area contributed by atoms with E-state index in [4.69, 9.17) is 4.74 Å². The van der Waals surface area contributed by atoms with E-state index in [2.05, 4.69) is 13.8 Å². The van der Waals surface area contributed by atoms with Crippen LogP contribution in [-0.2, 0) is 6.61 Å². The first kappa shape index (κ1) is 15.0. The number of benzene rings is 2. The van der Waals surface area contributed by atoms with Crippen molar-refractivity contribution >= 4 is 5.69 Å². The summed E-state index contributed by atoms with van der Waals surface area (Å²) in [6.45, 7) is 4.38. The highest BCUT2D eigenvalue weighted by Gasteiger charge is 2.13. The number of ether oxygens (including phenoxy) is 1. The van der Waals surface area contributed by atoms with E-state index in [-0.39, 0.29) is 6.61 Å². The van der Waals surface area contributed by atoms with Crippen LogP contribution in [0.15, 0.2) is 42.5 Å². The molecule has 0 atom stereocenters. The predicted molar refractivity (Wildman–Crippen MR) is 77.9 cm³/mol. The van der Waals surface area contributed by atoms with E-state index < -0.39 is 16.4 Å². The van der Waals surface area contributed by atoms with Crippen molar-refractivity contribution in [2.75, 3.05) is 0 Å². The standard InChI is InChI=1S/C16H16FNO3/c1-11(2)13-4-6-14(7-5-13)21-10-12-3-8-16(18(19)20)15(17)9-12/h3-9,11H,10H2,1-2H3. The van der Waals surface area contributed by atoms with Crippen molar-refractivity contribution in [3.05, 3.63) is 69.5 Å². The number of hydrogen-bond donors (Lipinski definition) is 0. The highest BCUT2D eigenvalue weighted by molar-refractivity contribution is 5.35. The van der Waals surface area contributed by atoms with Crippen molar-refractivity contribution in [2.45, 2.75) is 26.4 Å². The first-order valence-electron chi connectivity index (χ1n) is 6.63. The minimum absolute atomic E-state index is 0.163. The third-order valence-corrected chi connectivity index (χ3v) is 3.16. The van der Waals surface area contributed by atoms with Gasteiger partial charge in [-0.1, -0.05) is 26.0 Å². The molecular weight excluding hydrogens is 273 g/mol. The van der Waals surface area contributed by atoms with Crippen molar-refractivity contribution in [2.24, 2.45) is 0 Å². The molecule has 0 aliphatic heterocycles. The molecule has 2 aromatic rings. The summed E-state index contributed by atoms with van der Waals surface area (Å²) in [6, 6.07) is 11.4. The predicted octanol–water partition coefficient (Wildman–Crippen LogP) is 4.44. The first-order chi connectivity index (χ1) is 9.97. The monoisotopic (exact) mass is 289 g/mol. The summed E-state index contributed by atoms with van der Waals surface area (Å²) >= 11 is 0. The van der Waals surface area contributed by atoms with Crippen LogP contribution in [0.2, 0.25) is 0 Å². The van der Waals surface area contributed by atoms with Crippen LogP contribution >= 0.6 is 0 Å². The van der Waals surface area contributed by atoms with Crippen LogP contribution < -0.4 is 4.74 Å². The van der Waals surface area contributed by atoms with Gasteiger partial charge in [0.05, 0.1) is 4.92 Å². The van der Waals surface area contributed by atoms with Gasteiger partial charge < -0.3 is 4.74 Å². The van der Waals surface area contributed by atoms with E-state index in [1.807, 2.05) is 24.3 Å². The fourth-order valence-electron chi connectivity index (χ4n) is 1.90. The average Bonchev–Trinajstić information content (AvgIpc) is 2.45. The molecule has 0 aromatic heterocycles. The van der Waals surface area contributed by atoms with Gasteiger partial charge in [0.2, 0.25) is 5.82 Å². The second-order valence-electron chi connectivity index (χ2n) is 5.06. The number of rotatable bonds is 5. The number of nitro benzene ring substituents is 1. The Kier molecular flexibility index (Phi) is 4.52. The Morgan fingerprint density at radius 1 is 1.19 bits per heavy atom. The molecule has 0 amide bonds. The molecule has 0 fully saturated rings. The maximum atomic E-state index is 13.5. The van der Waals surface area contributed by atoms with Crippen molar-refractivity contribution in [3.8, 4) is 5.75 Å². The fourth-order valence-corrected chi connectivity index (χ4v) is 1.90. The highest BCUT2D eigenvalue weighted by Crippen LogP contribution is 2.21. The van der Waals surface area contributed by atoms with Gasteiger partial charge in [-0.25, -0.2) is 0 Å². The molecule has 2 rings (SSSR count). The quantitative estimate of drug-likeness (QED) is 0.604. The van der Waals surface area contributed by atoms with Crippen molar-refractivity contribution in [1.82, 2.24) is 0 Å². The van der Waals surface area contributed by atoms with Crippen LogP contribution in [0, 0.1) is 15.9 Å². The topological polar surface area (TPSA) is 52.4 Å². The normalized spacial score (nSPS) is 10.7. The molecule has 0 saturated heterocycles. The molecule has 0 aliphatic carbocycles. The lowest BCUT2D eigenvalue weighted by atomic mass is 10.0. The molecule has 0 heterocycles. The van der Waals surface area contributed by atoms with E-state index in [9.17, 15) is 14.5 Å². The SMILES string of the molecule is CC(C)c1ccc(OCc2ccc([N+](=O)[O-])c(F)c2)cc1. The smallest absolute Gasteiger partial charge is 0.304 e. The van der Waals surface area contributed by atoms with Crippen LogP contribution in [0.1, 0.15) is 30.9 Å². The van der Waals surface area contributed by atoms with E-state index in [1.165, 1.54) is 11.6 Å². The molecule has 2 aromatic carbocycles. The molecule has 21 heavy (non-hydrogen) atoms. The van der Waals surface area contributed by atoms with Crippen molar-refractivity contribution in [1.29, 1.82) is 0 Å². The van der Waals surface area contributed by atoms with E-state index in [0.717, 1.165) is 12.1 Å². The summed E-state index contributed by atoms with van der Waals surface area (Å²) in [5.74, 6) is 0.275. The van der Waals surface area contributed by atoms with Crippen molar-refractivity contribution < 1.29 is 14.1 Å². The minimum atomic E-state index is -0.851. The second kappa shape index (κ2) is 6.35. The maximum Gasteiger partial charge on any atom is 0.304 e. The summed E-state index contributed by atoms with van der Waals surface area (Å²) in [7, 11) is 0. The molecule has 0 N–H and O–H groups in total. The molecule has 0 spiro atoms. The largest absolute Gasteiger partial charge is 0.489 e. The van der Waals surface area contributed by atoms with Gasteiger partial charge in [0.25, 0.3) is 0 Å². The van der Waals surface area contributed by atoms with Gasteiger partial charge in [0.1, 0.15) is 12.4 Å². The fraction of sp³-hybridized carbons (Fsp3) is 0.250. The number of hydrogen-bond acceptors (Lipinski definition) is 3. The Bertz CT molecular complexity index is 638. The van der Waals surface area contributed by atoms with E-state index >= 15 is 0 Å². The minimum Gasteiger partial charge on any atom is -0.489 e. The lowest BCUT2D eigenvalue weighted by molar-refractivity contribution is -0.387. The Morgan fingerprint density at radius 3 is 2.38 bits per heavy atom. The van der Waals surface area contributed by atoms with Crippen LogP contribution in [0.25, 0.3) is 0 Å². The third-order valence-electron chi connectivity index (χ3n) is 3.16. The van der Waals surface area contributed by atoms with E-state index in [0.29, 0.717) is 17.2 Å². The van der Waals surface area contributed by atoms with Gasteiger partial charge >= 0.3 is 5.69 Å². The van der Waals surface area contributed by atoms with Gasteiger partial charge in [-0.3, -0.25) is 10.1 Å². The molecule has 110 valence electrons. The second-order valence-corrected chi connectivity index (χ2v) is 5.06. The summed E-state index contributed by atoms with van der Waals surface area (Å²) in [5.41, 5.74) is 1.23. The molecule has 4 nitrogen and oxygen atoms in total. The summed E-state index contributed by atoms with van der Waals surface area (Å²) in [5, 5.41) is 10.5. The summed E-state index contributed by atoms with van der Waals surface area (Å²) in [4.78, 5) is 9.79. The average molecular weight is 289 g/mol. The molecule has 0 unspecified atom stereocenters. The van der Waals surface area contributed by atoms with Crippen LogP contribution in [-0.4, -0.2) is 4.92 Å². The zero-order valence-corrected chi connectivity index (χ0v) is 11.9. The molecule has 0 bridgehead atoms. The third kappa shape index (κ3) is 3.78. The van der Waals surface area contributed by atoms with Crippen LogP contribution in [0.4, 0.5) is 10.1 Å². The number of halogens is 1. The summed E-state index contributed by atoms with van der Waals surface area (Å²) in [6.07, 6.45) is 0. The molecule has 0 saturated carbocycles.